The van der Waals surface area contributed by atoms with Crippen molar-refractivity contribution in [3.8, 4) is 0 Å². The van der Waals surface area contributed by atoms with Crippen LogP contribution in [0.3, 0.4) is 0 Å². The standard InChI is InChI=1S/C36H49N7O7S/c1-22(44)37-31-39-26(28(51-31)29(45)38-27(30(46)42(8)9)21-24-13-11-10-12-14-24)20-17-23-15-18-25(19-16-23)40-36(34(2,3)4,41-32(47)48)43(33(49)50)35(5,6)7/h10-16,18-19,27,40-41H,17,20-21H2,1-9H3,(H,38,45)(H,47,48)(H,49,50)(H,37,39,44)/t27?,36-/m0/s1. The van der Waals surface area contributed by atoms with Crippen molar-refractivity contribution in [2.75, 3.05) is 24.7 Å². The van der Waals surface area contributed by atoms with E-state index in [1.807, 2.05) is 42.5 Å². The topological polar surface area (TPSA) is 193 Å². The number of thiazole rings is 1. The molecule has 6 N–H and O–H groups in total. The Morgan fingerprint density at radius 3 is 1.96 bits per heavy atom. The predicted octanol–water partition coefficient (Wildman–Crippen LogP) is 5.47. The summed E-state index contributed by atoms with van der Waals surface area (Å²) >= 11 is 1.02. The number of aryl methyl sites for hydroxylation is 2. The van der Waals surface area contributed by atoms with E-state index in [2.05, 4.69) is 26.3 Å². The van der Waals surface area contributed by atoms with E-state index >= 15 is 0 Å². The Labute approximate surface area is 302 Å². The Morgan fingerprint density at radius 2 is 1.47 bits per heavy atom. The molecule has 0 aliphatic rings. The fourth-order valence-electron chi connectivity index (χ4n) is 5.66. The van der Waals surface area contributed by atoms with Gasteiger partial charge in [-0.15, -0.1) is 0 Å². The van der Waals surface area contributed by atoms with Gasteiger partial charge in [0.25, 0.3) is 5.91 Å². The molecule has 3 aromatic rings. The molecule has 1 aromatic heterocycles. The molecule has 0 spiro atoms. The molecule has 1 heterocycles. The molecule has 0 radical (unpaired) electrons. The highest BCUT2D eigenvalue weighted by atomic mass is 32.1. The molecule has 51 heavy (non-hydrogen) atoms. The van der Waals surface area contributed by atoms with Crippen molar-refractivity contribution in [3.63, 3.8) is 0 Å². The summed E-state index contributed by atoms with van der Waals surface area (Å²) in [7, 11) is 3.25. The number of hydrogen-bond acceptors (Lipinski definition) is 8. The third kappa shape index (κ3) is 10.4. The first-order valence-corrected chi connectivity index (χ1v) is 17.2. The molecule has 5 amide bonds. The number of anilines is 2. The van der Waals surface area contributed by atoms with Gasteiger partial charge in [-0.1, -0.05) is 74.6 Å². The number of aromatic nitrogens is 1. The summed E-state index contributed by atoms with van der Waals surface area (Å²) in [5, 5.41) is 31.5. The Kier molecular flexibility index (Phi) is 12.8. The SMILES string of the molecule is CC(=O)Nc1nc(CCc2ccc(N[C@@](NC(=O)O)(N(C(=O)O)C(C)(C)C)C(C)(C)C)cc2)c(C(=O)NC(Cc2ccccc2)C(=O)N(C)C)s1. The maximum absolute atomic E-state index is 13.7. The van der Waals surface area contributed by atoms with Crippen LogP contribution in [0.1, 0.15) is 75.0 Å². The molecule has 14 nitrogen and oxygen atoms in total. The van der Waals surface area contributed by atoms with Crippen LogP contribution in [0.2, 0.25) is 0 Å². The quantitative estimate of drug-likeness (QED) is 0.124. The lowest BCUT2D eigenvalue weighted by Crippen LogP contribution is -2.76. The first-order chi connectivity index (χ1) is 23.6. The number of carbonyl (C=O) groups excluding carboxylic acids is 3. The van der Waals surface area contributed by atoms with Crippen molar-refractivity contribution >= 4 is 52.1 Å². The number of nitrogens with one attached hydrogen (secondary N) is 4. The van der Waals surface area contributed by atoms with E-state index in [9.17, 15) is 34.2 Å². The minimum absolute atomic E-state index is 0.257. The van der Waals surface area contributed by atoms with Crippen molar-refractivity contribution in [1.29, 1.82) is 0 Å². The van der Waals surface area contributed by atoms with Crippen LogP contribution in [0.5, 0.6) is 0 Å². The van der Waals surface area contributed by atoms with Crippen molar-refractivity contribution in [3.05, 3.63) is 76.3 Å². The van der Waals surface area contributed by atoms with Gasteiger partial charge in [-0.3, -0.25) is 24.6 Å². The van der Waals surface area contributed by atoms with Gasteiger partial charge >= 0.3 is 12.2 Å². The Bertz CT molecular complexity index is 1710. The average molecular weight is 724 g/mol. The average Bonchev–Trinajstić information content (AvgIpc) is 3.40. The lowest BCUT2D eigenvalue weighted by atomic mass is 9.82. The largest absolute Gasteiger partial charge is 0.465 e. The second-order valence-electron chi connectivity index (χ2n) is 14.4. The Balaban J connectivity index is 1.90. The van der Waals surface area contributed by atoms with E-state index in [0.29, 0.717) is 24.2 Å². The number of likely N-dealkylation sites (N-methyl/N-ethyl adjacent to an activating group) is 1. The van der Waals surface area contributed by atoms with Crippen LogP contribution in [0.25, 0.3) is 0 Å². The van der Waals surface area contributed by atoms with Crippen molar-refractivity contribution < 1.29 is 34.2 Å². The number of carboxylic acid groups (broad SMARTS) is 2. The summed E-state index contributed by atoms with van der Waals surface area (Å²) in [6, 6.07) is 15.6. The molecule has 1 unspecified atom stereocenters. The van der Waals surface area contributed by atoms with Gasteiger partial charge in [-0.05, 0) is 56.9 Å². The summed E-state index contributed by atoms with van der Waals surface area (Å²) in [5.41, 5.74) is 0.688. The number of benzene rings is 2. The molecule has 15 heteroatoms. The fourth-order valence-corrected chi connectivity index (χ4v) is 6.62. The van der Waals surface area contributed by atoms with E-state index < -0.39 is 40.9 Å². The molecule has 0 saturated heterocycles. The molecular weight excluding hydrogens is 675 g/mol. The van der Waals surface area contributed by atoms with Crippen LogP contribution < -0.4 is 21.3 Å². The molecule has 2 atom stereocenters. The Hall–Kier alpha value is -5.18. The van der Waals surface area contributed by atoms with Gasteiger partial charge in [0.15, 0.2) is 5.13 Å². The lowest BCUT2D eigenvalue weighted by molar-refractivity contribution is -0.130. The summed E-state index contributed by atoms with van der Waals surface area (Å²) in [4.78, 5) is 70.6. The van der Waals surface area contributed by atoms with Gasteiger partial charge in [-0.2, -0.15) is 0 Å². The van der Waals surface area contributed by atoms with Gasteiger partial charge in [-0.25, -0.2) is 14.6 Å². The first-order valence-electron chi connectivity index (χ1n) is 16.4. The highest BCUT2D eigenvalue weighted by molar-refractivity contribution is 7.17. The van der Waals surface area contributed by atoms with Gasteiger partial charge in [0, 0.05) is 44.1 Å². The molecule has 0 bridgehead atoms. The molecule has 0 fully saturated rings. The van der Waals surface area contributed by atoms with Crippen molar-refractivity contribution in [2.45, 2.75) is 85.1 Å². The van der Waals surface area contributed by atoms with Crippen LogP contribution in [-0.4, -0.2) is 86.4 Å². The van der Waals surface area contributed by atoms with Gasteiger partial charge in [0.05, 0.1) is 5.69 Å². The molecule has 3 rings (SSSR count). The Morgan fingerprint density at radius 1 is 0.863 bits per heavy atom. The van der Waals surface area contributed by atoms with E-state index in [4.69, 9.17) is 0 Å². The van der Waals surface area contributed by atoms with E-state index in [-0.39, 0.29) is 28.2 Å². The number of nitrogens with zero attached hydrogens (tertiary/aromatic N) is 3. The summed E-state index contributed by atoms with van der Waals surface area (Å²) < 4.78 is 0. The van der Waals surface area contributed by atoms with E-state index in [1.54, 1.807) is 67.8 Å². The van der Waals surface area contributed by atoms with Gasteiger partial charge < -0.3 is 31.1 Å². The highest BCUT2D eigenvalue weighted by Gasteiger charge is 2.54. The molecule has 0 aliphatic carbocycles. The number of rotatable bonds is 13. The van der Waals surface area contributed by atoms with E-state index in [1.165, 1.54) is 11.8 Å². The molecule has 0 saturated carbocycles. The van der Waals surface area contributed by atoms with Crippen LogP contribution in [0, 0.1) is 5.41 Å². The first kappa shape index (κ1) is 40.3. The molecular formula is C36H49N7O7S. The van der Waals surface area contributed by atoms with Crippen LogP contribution >= 0.6 is 11.3 Å². The second-order valence-corrected chi connectivity index (χ2v) is 15.4. The van der Waals surface area contributed by atoms with Crippen LogP contribution in [-0.2, 0) is 28.9 Å². The fraction of sp³-hybridized carbons (Fsp3) is 0.444. The molecule has 2 aromatic carbocycles. The maximum atomic E-state index is 13.7. The third-order valence-corrected chi connectivity index (χ3v) is 9.03. The summed E-state index contributed by atoms with van der Waals surface area (Å²) in [6.45, 7) is 11.6. The number of carbonyl (C=O) groups is 5. The summed E-state index contributed by atoms with van der Waals surface area (Å²) in [6.07, 6.45) is -1.66. The van der Waals surface area contributed by atoms with Gasteiger partial charge in [0.2, 0.25) is 17.6 Å². The van der Waals surface area contributed by atoms with Crippen LogP contribution in [0.4, 0.5) is 20.4 Å². The number of amides is 5. The highest BCUT2D eigenvalue weighted by Crippen LogP contribution is 2.39. The monoisotopic (exact) mass is 723 g/mol. The lowest BCUT2D eigenvalue weighted by Gasteiger charge is -2.55. The summed E-state index contributed by atoms with van der Waals surface area (Å²) in [5.74, 6) is -2.86. The maximum Gasteiger partial charge on any atom is 0.411 e. The minimum atomic E-state index is -1.76. The molecule has 276 valence electrons. The third-order valence-electron chi connectivity index (χ3n) is 8.01. The van der Waals surface area contributed by atoms with Gasteiger partial charge in [0.1, 0.15) is 10.9 Å². The van der Waals surface area contributed by atoms with Crippen molar-refractivity contribution in [2.24, 2.45) is 5.41 Å². The van der Waals surface area contributed by atoms with E-state index in [0.717, 1.165) is 27.4 Å². The minimum Gasteiger partial charge on any atom is -0.465 e. The zero-order valence-electron chi connectivity index (χ0n) is 30.6. The molecule has 0 aliphatic heterocycles. The smallest absolute Gasteiger partial charge is 0.411 e. The zero-order chi connectivity index (χ0) is 38.3. The van der Waals surface area contributed by atoms with Crippen LogP contribution in [0.15, 0.2) is 54.6 Å². The second kappa shape index (κ2) is 16.2. The normalized spacial score (nSPS) is 13.3. The predicted molar refractivity (Wildman–Crippen MR) is 197 cm³/mol. The van der Waals surface area contributed by atoms with Crippen molar-refractivity contribution in [1.82, 2.24) is 25.4 Å². The number of hydrogen-bond donors (Lipinski definition) is 6. The zero-order valence-corrected chi connectivity index (χ0v) is 31.4.